The molecule has 3 aliphatic rings. The predicted octanol–water partition coefficient (Wildman–Crippen LogP) is -1.68. The first-order valence-corrected chi connectivity index (χ1v) is 19.7. The van der Waals surface area contributed by atoms with Crippen LogP contribution in [0.25, 0.3) is 0 Å². The van der Waals surface area contributed by atoms with Crippen molar-refractivity contribution < 1.29 is 75.2 Å². The van der Waals surface area contributed by atoms with Crippen molar-refractivity contribution in [1.29, 1.82) is 0 Å². The van der Waals surface area contributed by atoms with Gasteiger partial charge in [0, 0.05) is 30.9 Å². The average molecular weight is 812 g/mol. The lowest BCUT2D eigenvalue weighted by atomic mass is 10.1. The summed E-state index contributed by atoms with van der Waals surface area (Å²) in [6, 6.07) is 10.9. The van der Waals surface area contributed by atoms with Crippen LogP contribution < -0.4 is 22.5 Å². The van der Waals surface area contributed by atoms with Crippen molar-refractivity contribution in [3.05, 3.63) is 102 Å². The Morgan fingerprint density at radius 1 is 0.642 bits per heavy atom. The van der Waals surface area contributed by atoms with Gasteiger partial charge in [0.25, 0.3) is 11.1 Å². The fourth-order valence-electron chi connectivity index (χ4n) is 5.67. The van der Waals surface area contributed by atoms with Crippen molar-refractivity contribution in [2.75, 3.05) is 13.2 Å². The SMILES string of the molecule is O=c1ccn([C@@H]2O[C@H](COP(=O)(O)OP(=O)(O)OP(=O)(O)OC[C@H]3O[C@@H](n4ccc(=O)[nH]c4=O)[C@@H]4OC(Cc5ccccc5)O[C@@H]43)[C@@H](O)[C@H]2O)c(=O)[nH]1. The lowest BCUT2D eigenvalue weighted by molar-refractivity contribution is -0.150. The van der Waals surface area contributed by atoms with Gasteiger partial charge in [-0.1, -0.05) is 30.3 Å². The van der Waals surface area contributed by atoms with E-state index in [9.17, 15) is 57.8 Å². The highest BCUT2D eigenvalue weighted by molar-refractivity contribution is 7.66. The molecule has 24 nitrogen and oxygen atoms in total. The average Bonchev–Trinajstić information content (AvgIpc) is 3.70. The number of aliphatic hydroxyl groups excluding tert-OH is 2. The molecule has 0 spiro atoms. The fraction of sp³-hybridized carbons (Fsp3) is 0.462. The Morgan fingerprint density at radius 3 is 1.72 bits per heavy atom. The number of phosphoric ester groups is 2. The van der Waals surface area contributed by atoms with E-state index < -0.39 is 115 Å². The summed E-state index contributed by atoms with van der Waals surface area (Å²) in [6.45, 7) is -2.01. The van der Waals surface area contributed by atoms with Crippen LogP contribution in [0.1, 0.15) is 18.0 Å². The zero-order valence-electron chi connectivity index (χ0n) is 26.6. The van der Waals surface area contributed by atoms with Gasteiger partial charge >= 0.3 is 34.8 Å². The van der Waals surface area contributed by atoms with Crippen molar-refractivity contribution in [2.45, 2.75) is 61.8 Å². The van der Waals surface area contributed by atoms with E-state index >= 15 is 0 Å². The number of aromatic nitrogens is 4. The van der Waals surface area contributed by atoms with Crippen LogP contribution in [-0.2, 0) is 56.7 Å². The van der Waals surface area contributed by atoms with Gasteiger partial charge in [-0.15, -0.1) is 0 Å². The van der Waals surface area contributed by atoms with Gasteiger partial charge in [-0.2, -0.15) is 8.62 Å². The third-order valence-corrected chi connectivity index (χ3v) is 12.2. The van der Waals surface area contributed by atoms with Crippen LogP contribution in [-0.4, -0.2) is 100 Å². The number of aliphatic hydroxyl groups is 2. The fourth-order valence-corrected chi connectivity index (χ4v) is 9.19. The Bertz CT molecular complexity index is 2180. The van der Waals surface area contributed by atoms with Gasteiger partial charge < -0.3 is 43.8 Å². The van der Waals surface area contributed by atoms with E-state index in [1.165, 1.54) is 0 Å². The van der Waals surface area contributed by atoms with Crippen LogP contribution in [0.5, 0.6) is 0 Å². The lowest BCUT2D eigenvalue weighted by Crippen LogP contribution is -2.37. The summed E-state index contributed by atoms with van der Waals surface area (Å²) in [5, 5.41) is 20.6. The first-order valence-electron chi connectivity index (χ1n) is 15.3. The number of nitrogens with one attached hydrogen (secondary N) is 2. The number of rotatable bonds is 14. The van der Waals surface area contributed by atoms with E-state index in [-0.39, 0.29) is 6.42 Å². The van der Waals surface area contributed by atoms with Gasteiger partial charge in [-0.3, -0.25) is 37.7 Å². The summed E-state index contributed by atoms with van der Waals surface area (Å²) in [6.07, 6.45) is -10.1. The van der Waals surface area contributed by atoms with Crippen LogP contribution in [0.4, 0.5) is 0 Å². The molecule has 3 aromatic rings. The van der Waals surface area contributed by atoms with Gasteiger partial charge in [0.15, 0.2) is 18.7 Å². The van der Waals surface area contributed by atoms with E-state index in [1.54, 1.807) is 30.3 Å². The van der Waals surface area contributed by atoms with Crippen LogP contribution in [0.3, 0.4) is 0 Å². The number of fused-ring (bicyclic) bond motifs is 1. The largest absolute Gasteiger partial charge is 0.490 e. The number of benzene rings is 1. The summed E-state index contributed by atoms with van der Waals surface area (Å²) in [5.74, 6) is 0. The van der Waals surface area contributed by atoms with E-state index in [4.69, 9.17) is 23.5 Å². The lowest BCUT2D eigenvalue weighted by Gasteiger charge is -2.22. The Morgan fingerprint density at radius 2 is 1.15 bits per heavy atom. The quantitative estimate of drug-likeness (QED) is 0.0894. The Balaban J connectivity index is 1.06. The highest BCUT2D eigenvalue weighted by atomic mass is 31.3. The number of ether oxygens (including phenoxy) is 4. The van der Waals surface area contributed by atoms with Gasteiger partial charge in [-0.05, 0) is 5.56 Å². The maximum Gasteiger partial charge on any atom is 0.490 e. The second-order valence-corrected chi connectivity index (χ2v) is 16.3. The Hall–Kier alpha value is -3.25. The standard InChI is InChI=1S/C26H31N4O20P3/c31-16-6-8-29(25(35)27-16)23-20(34)19(33)14(45-23)11-43-51(37,38)49-53(41,42)50-52(39,40)44-12-15-21-22(24(46-15)30-9-7-17(32)28-26(30)36)48-18(47-21)10-13-4-2-1-3-5-13/h1-9,14-15,18-24,33-34H,10-12H2,(H,37,38)(H,39,40)(H,41,42)(H,27,31,35)(H,28,32,36)/t14-,15-,18?,19-,20-,21-,22-,23-,24-/m1/s1. The number of hydrogen-bond donors (Lipinski definition) is 7. The smallest absolute Gasteiger partial charge is 0.387 e. The molecule has 3 saturated heterocycles. The minimum absolute atomic E-state index is 0.243. The molecule has 0 bridgehead atoms. The Kier molecular flexibility index (Phi) is 11.5. The molecule has 5 heterocycles. The zero-order valence-corrected chi connectivity index (χ0v) is 29.3. The van der Waals surface area contributed by atoms with Crippen molar-refractivity contribution in [3.63, 3.8) is 0 Å². The number of aromatic amines is 2. The van der Waals surface area contributed by atoms with Crippen LogP contribution in [0, 0.1) is 0 Å². The first kappa shape index (κ1) is 39.4. The molecule has 7 N–H and O–H groups in total. The molecular formula is C26H31N4O20P3. The molecule has 12 atom stereocenters. The predicted molar refractivity (Wildman–Crippen MR) is 170 cm³/mol. The Labute approximate surface area is 294 Å². The molecular weight excluding hydrogens is 781 g/mol. The van der Waals surface area contributed by atoms with Crippen LogP contribution >= 0.6 is 23.5 Å². The summed E-state index contributed by atoms with van der Waals surface area (Å²) >= 11 is 0. The molecule has 0 amide bonds. The molecule has 3 fully saturated rings. The second kappa shape index (κ2) is 15.5. The monoisotopic (exact) mass is 812 g/mol. The molecule has 2 aromatic heterocycles. The maximum atomic E-state index is 12.7. The van der Waals surface area contributed by atoms with E-state index in [0.29, 0.717) is 4.57 Å². The first-order chi connectivity index (χ1) is 24.9. The van der Waals surface area contributed by atoms with Crippen molar-refractivity contribution in [2.24, 2.45) is 0 Å². The molecule has 27 heteroatoms. The van der Waals surface area contributed by atoms with E-state index in [2.05, 4.69) is 18.1 Å². The molecule has 3 aliphatic heterocycles. The van der Waals surface area contributed by atoms with Gasteiger partial charge in [-0.25, -0.2) is 23.3 Å². The molecule has 0 aliphatic carbocycles. The summed E-state index contributed by atoms with van der Waals surface area (Å²) in [5.41, 5.74) is -2.56. The van der Waals surface area contributed by atoms with Gasteiger partial charge in [0.05, 0.1) is 13.2 Å². The normalized spacial score (nSPS) is 31.8. The van der Waals surface area contributed by atoms with Crippen molar-refractivity contribution >= 4 is 23.5 Å². The summed E-state index contributed by atoms with van der Waals surface area (Å²) < 4.78 is 80.0. The molecule has 53 heavy (non-hydrogen) atoms. The highest BCUT2D eigenvalue weighted by Crippen LogP contribution is 2.68. The van der Waals surface area contributed by atoms with E-state index in [1.807, 2.05) is 4.98 Å². The maximum absolute atomic E-state index is 12.7. The number of hydrogen-bond acceptors (Lipinski definition) is 17. The minimum atomic E-state index is -5.98. The third-order valence-electron chi connectivity index (χ3n) is 7.95. The molecule has 6 rings (SSSR count). The van der Waals surface area contributed by atoms with E-state index in [0.717, 1.165) is 34.7 Å². The van der Waals surface area contributed by atoms with Crippen LogP contribution in [0.2, 0.25) is 0 Å². The minimum Gasteiger partial charge on any atom is -0.387 e. The van der Waals surface area contributed by atoms with Gasteiger partial charge in [0.2, 0.25) is 0 Å². The number of H-pyrrole nitrogens is 2. The van der Waals surface area contributed by atoms with Gasteiger partial charge in [0.1, 0.15) is 36.6 Å². The van der Waals surface area contributed by atoms with Crippen molar-refractivity contribution in [3.8, 4) is 0 Å². The summed E-state index contributed by atoms with van der Waals surface area (Å²) in [4.78, 5) is 81.8. The molecule has 0 radical (unpaired) electrons. The highest BCUT2D eigenvalue weighted by Gasteiger charge is 2.55. The molecule has 4 unspecified atom stereocenters. The third kappa shape index (κ3) is 9.35. The number of phosphoric acid groups is 3. The topological polar surface area (TPSA) is 336 Å². The molecule has 1 aromatic carbocycles. The number of nitrogens with zero attached hydrogens (tertiary/aromatic N) is 2. The van der Waals surface area contributed by atoms with Crippen LogP contribution in [0.15, 0.2) is 74.0 Å². The van der Waals surface area contributed by atoms with Crippen molar-refractivity contribution in [1.82, 2.24) is 19.1 Å². The summed E-state index contributed by atoms with van der Waals surface area (Å²) in [7, 11) is -17.3. The zero-order chi connectivity index (χ0) is 38.3. The molecule has 0 saturated carbocycles. The second-order valence-electron chi connectivity index (χ2n) is 11.6. The molecule has 290 valence electrons.